The molecule has 2 aromatic rings. The smallest absolute Gasteiger partial charge is 0.330 e. The van der Waals surface area contributed by atoms with Gasteiger partial charge in [0.15, 0.2) is 5.13 Å². The summed E-state index contributed by atoms with van der Waals surface area (Å²) in [7, 11) is 1.34. The highest BCUT2D eigenvalue weighted by Gasteiger charge is 2.04. The molecule has 1 heterocycles. The summed E-state index contributed by atoms with van der Waals surface area (Å²) in [6.45, 7) is 0. The molecule has 0 unspecified atom stereocenters. The van der Waals surface area contributed by atoms with Crippen molar-refractivity contribution in [3.05, 3.63) is 29.8 Å². The summed E-state index contributed by atoms with van der Waals surface area (Å²) in [5.74, 6) is -0.389. The molecule has 4 nitrogen and oxygen atoms in total. The number of anilines is 1. The standard InChI is InChI=1S/C11H10N2O2S/c1-15-9(14)6-5-7-3-2-4-8-10(7)13-11(12)16-8/h2-6H,1H3,(H2,12,13). The number of benzene rings is 1. The van der Waals surface area contributed by atoms with Crippen LogP contribution in [0.2, 0.25) is 0 Å². The van der Waals surface area contributed by atoms with Crippen LogP contribution in [0.4, 0.5) is 5.13 Å². The number of hydrogen-bond acceptors (Lipinski definition) is 5. The Hall–Kier alpha value is -1.88. The lowest BCUT2D eigenvalue weighted by Crippen LogP contribution is -1.93. The van der Waals surface area contributed by atoms with E-state index in [0.29, 0.717) is 5.13 Å². The van der Waals surface area contributed by atoms with Crippen LogP contribution in [0.3, 0.4) is 0 Å². The number of esters is 1. The first kappa shape index (κ1) is 10.6. The Morgan fingerprint density at radius 3 is 3.12 bits per heavy atom. The molecule has 0 spiro atoms. The quantitative estimate of drug-likeness (QED) is 0.638. The van der Waals surface area contributed by atoms with Gasteiger partial charge in [-0.15, -0.1) is 0 Å². The van der Waals surface area contributed by atoms with Crippen LogP contribution in [0.5, 0.6) is 0 Å². The van der Waals surface area contributed by atoms with Crippen LogP contribution < -0.4 is 5.73 Å². The number of nitrogens with two attached hydrogens (primary N) is 1. The predicted molar refractivity (Wildman–Crippen MR) is 65.1 cm³/mol. The summed E-state index contributed by atoms with van der Waals surface area (Å²) >= 11 is 1.42. The van der Waals surface area contributed by atoms with E-state index in [1.54, 1.807) is 6.08 Å². The van der Waals surface area contributed by atoms with Crippen molar-refractivity contribution in [1.82, 2.24) is 4.98 Å². The SMILES string of the molecule is COC(=O)C=Cc1cccc2sc(N)nc12. The Labute approximate surface area is 96.4 Å². The molecule has 0 bridgehead atoms. The first-order valence-corrected chi connectivity index (χ1v) is 5.43. The van der Waals surface area contributed by atoms with Crippen molar-refractivity contribution in [1.29, 1.82) is 0 Å². The molecule has 0 saturated carbocycles. The van der Waals surface area contributed by atoms with Crippen LogP contribution in [0.1, 0.15) is 5.56 Å². The van der Waals surface area contributed by atoms with Crippen LogP contribution in [0.25, 0.3) is 16.3 Å². The average Bonchev–Trinajstić information content (AvgIpc) is 2.66. The Bertz CT molecular complexity index is 560. The molecule has 2 rings (SSSR count). The van der Waals surface area contributed by atoms with Gasteiger partial charge in [-0.25, -0.2) is 9.78 Å². The highest BCUT2D eigenvalue weighted by molar-refractivity contribution is 7.22. The fourth-order valence-corrected chi connectivity index (χ4v) is 2.12. The molecule has 0 aliphatic heterocycles. The van der Waals surface area contributed by atoms with E-state index in [2.05, 4.69) is 9.72 Å². The number of fused-ring (bicyclic) bond motifs is 1. The van der Waals surface area contributed by atoms with Gasteiger partial charge in [-0.05, 0) is 12.1 Å². The summed E-state index contributed by atoms with van der Waals surface area (Å²) < 4.78 is 5.53. The van der Waals surface area contributed by atoms with Gasteiger partial charge < -0.3 is 10.5 Å². The number of rotatable bonds is 2. The van der Waals surface area contributed by atoms with Gasteiger partial charge in [0.05, 0.1) is 17.3 Å². The molecule has 2 N–H and O–H groups in total. The molecule has 0 radical (unpaired) electrons. The number of ether oxygens (including phenoxy) is 1. The zero-order valence-corrected chi connectivity index (χ0v) is 9.45. The second-order valence-corrected chi connectivity index (χ2v) is 4.16. The topological polar surface area (TPSA) is 65.2 Å². The van der Waals surface area contributed by atoms with E-state index in [1.165, 1.54) is 24.5 Å². The van der Waals surface area contributed by atoms with Gasteiger partial charge in [0.1, 0.15) is 0 Å². The monoisotopic (exact) mass is 234 g/mol. The molecule has 0 atom stereocenters. The first-order valence-electron chi connectivity index (χ1n) is 4.62. The molecule has 0 amide bonds. The lowest BCUT2D eigenvalue weighted by molar-refractivity contribution is -0.134. The van der Waals surface area contributed by atoms with Crippen molar-refractivity contribution in [2.45, 2.75) is 0 Å². The van der Waals surface area contributed by atoms with Crippen molar-refractivity contribution < 1.29 is 9.53 Å². The maximum Gasteiger partial charge on any atom is 0.330 e. The zero-order valence-electron chi connectivity index (χ0n) is 8.64. The van der Waals surface area contributed by atoms with Crippen molar-refractivity contribution in [2.75, 3.05) is 12.8 Å². The van der Waals surface area contributed by atoms with Gasteiger partial charge in [0.25, 0.3) is 0 Å². The fraction of sp³-hybridized carbons (Fsp3) is 0.0909. The summed E-state index contributed by atoms with van der Waals surface area (Å²) in [6, 6.07) is 5.72. The van der Waals surface area contributed by atoms with Crippen molar-refractivity contribution in [3.63, 3.8) is 0 Å². The minimum atomic E-state index is -0.389. The van der Waals surface area contributed by atoms with Gasteiger partial charge in [-0.1, -0.05) is 23.5 Å². The number of methoxy groups -OCH3 is 1. The van der Waals surface area contributed by atoms with Gasteiger partial charge in [0, 0.05) is 11.6 Å². The van der Waals surface area contributed by atoms with E-state index in [0.717, 1.165) is 15.8 Å². The predicted octanol–water partition coefficient (Wildman–Crippen LogP) is 2.06. The summed E-state index contributed by atoms with van der Waals surface area (Å²) in [4.78, 5) is 15.2. The Morgan fingerprint density at radius 2 is 2.38 bits per heavy atom. The van der Waals surface area contributed by atoms with Gasteiger partial charge in [-0.2, -0.15) is 0 Å². The number of nitrogen functional groups attached to an aromatic ring is 1. The second-order valence-electron chi connectivity index (χ2n) is 3.10. The van der Waals surface area contributed by atoms with E-state index in [9.17, 15) is 4.79 Å². The van der Waals surface area contributed by atoms with Crippen LogP contribution in [-0.2, 0) is 9.53 Å². The number of para-hydroxylation sites is 1. The minimum absolute atomic E-state index is 0.389. The van der Waals surface area contributed by atoms with Gasteiger partial charge >= 0.3 is 5.97 Å². The molecular formula is C11H10N2O2S. The third kappa shape index (κ3) is 2.04. The number of nitrogens with zero attached hydrogens (tertiary/aromatic N) is 1. The highest BCUT2D eigenvalue weighted by atomic mass is 32.1. The van der Waals surface area contributed by atoms with E-state index in [4.69, 9.17) is 5.73 Å². The average molecular weight is 234 g/mol. The summed E-state index contributed by atoms with van der Waals surface area (Å²) in [5, 5.41) is 0.522. The molecule has 0 fully saturated rings. The normalized spacial score (nSPS) is 11.1. The second kappa shape index (κ2) is 4.32. The molecule has 1 aromatic carbocycles. The number of carbonyl (C=O) groups excluding carboxylic acids is 1. The molecule has 0 aliphatic rings. The first-order chi connectivity index (χ1) is 7.70. The lowest BCUT2D eigenvalue weighted by Gasteiger charge is -1.94. The van der Waals surface area contributed by atoms with Gasteiger partial charge in [0.2, 0.25) is 0 Å². The molecule has 1 aromatic heterocycles. The Kier molecular flexibility index (Phi) is 2.87. The lowest BCUT2D eigenvalue weighted by atomic mass is 10.2. The molecule has 0 saturated heterocycles. The molecule has 5 heteroatoms. The van der Waals surface area contributed by atoms with Crippen LogP contribution in [-0.4, -0.2) is 18.1 Å². The zero-order chi connectivity index (χ0) is 11.5. The van der Waals surface area contributed by atoms with E-state index in [-0.39, 0.29) is 5.97 Å². The van der Waals surface area contributed by atoms with E-state index >= 15 is 0 Å². The molecular weight excluding hydrogens is 224 g/mol. The molecule has 0 aliphatic carbocycles. The summed E-state index contributed by atoms with van der Waals surface area (Å²) in [5.41, 5.74) is 7.30. The third-order valence-electron chi connectivity index (χ3n) is 2.07. The van der Waals surface area contributed by atoms with Crippen molar-refractivity contribution >= 4 is 38.7 Å². The largest absolute Gasteiger partial charge is 0.466 e. The number of aromatic nitrogens is 1. The Morgan fingerprint density at radius 1 is 1.56 bits per heavy atom. The molecule has 82 valence electrons. The highest BCUT2D eigenvalue weighted by Crippen LogP contribution is 2.26. The van der Waals surface area contributed by atoms with Crippen molar-refractivity contribution in [3.8, 4) is 0 Å². The van der Waals surface area contributed by atoms with Crippen LogP contribution in [0, 0.1) is 0 Å². The number of carbonyl (C=O) groups is 1. The third-order valence-corrected chi connectivity index (χ3v) is 2.92. The van der Waals surface area contributed by atoms with Crippen LogP contribution >= 0.6 is 11.3 Å². The van der Waals surface area contributed by atoms with Gasteiger partial charge in [-0.3, -0.25) is 0 Å². The maximum absolute atomic E-state index is 11.0. The van der Waals surface area contributed by atoms with E-state index in [1.807, 2.05) is 18.2 Å². The fourth-order valence-electron chi connectivity index (χ4n) is 1.35. The van der Waals surface area contributed by atoms with E-state index < -0.39 is 0 Å². The van der Waals surface area contributed by atoms with Crippen molar-refractivity contribution in [2.24, 2.45) is 0 Å². The van der Waals surface area contributed by atoms with Crippen LogP contribution in [0.15, 0.2) is 24.3 Å². The number of thiazole rings is 1. The summed E-state index contributed by atoms with van der Waals surface area (Å²) in [6.07, 6.45) is 3.04. The minimum Gasteiger partial charge on any atom is -0.466 e. The Balaban J connectivity index is 2.44. The number of hydrogen-bond donors (Lipinski definition) is 1. The molecule has 16 heavy (non-hydrogen) atoms. The maximum atomic E-state index is 11.0.